The lowest BCUT2D eigenvalue weighted by Gasteiger charge is -2.27. The van der Waals surface area contributed by atoms with Gasteiger partial charge in [-0.05, 0) is 102 Å². The van der Waals surface area contributed by atoms with Crippen LogP contribution in [0.25, 0.3) is 0 Å². The first kappa shape index (κ1) is 72.5. The number of phosphoric ester groups is 1. The van der Waals surface area contributed by atoms with E-state index in [9.17, 15) is 19.0 Å². The molecule has 3 atom stereocenters. The molecule has 0 heterocycles. The smallest absolute Gasteiger partial charge is 0.456 e. The summed E-state index contributed by atoms with van der Waals surface area (Å²) in [5.41, 5.74) is 0. The van der Waals surface area contributed by atoms with E-state index in [4.69, 9.17) is 13.8 Å². The third-order valence-corrected chi connectivity index (χ3v) is 14.6. The molecule has 0 aromatic heterocycles. The number of esters is 1. The molecule has 2 N–H and O–H groups in total. The molecule has 436 valence electrons. The predicted molar refractivity (Wildman–Crippen MR) is 323 cm³/mol. The van der Waals surface area contributed by atoms with E-state index in [0.717, 1.165) is 89.9 Å². The van der Waals surface area contributed by atoms with Crippen molar-refractivity contribution in [1.82, 2.24) is 5.32 Å². The number of ether oxygens (including phenoxy) is 1. The number of phosphoric acid groups is 1. The zero-order chi connectivity index (χ0) is 55.0. The van der Waals surface area contributed by atoms with E-state index in [1.165, 1.54) is 148 Å². The molecule has 1 amide bonds. The van der Waals surface area contributed by atoms with E-state index >= 15 is 0 Å². The van der Waals surface area contributed by atoms with Crippen LogP contribution in [-0.2, 0) is 27.9 Å². The standard InChI is InChI=1S/C65H119N2O7P/c1-7-10-13-16-19-22-25-28-30-32-33-35-37-40-43-46-49-52-55-58-65(69)74-63(56-53-50-47-44-41-38-27-24-21-18-15-12-9-3)62(61-73-75(70,71)72-60-59-67(4,5)6)66-64(68)57-54-51-48-45-42-39-36-34-31-29-26-23-20-17-14-11-8-2/h19,22,28-31,33,35,40,43,53,56,62-63H,7-18,20-21,23-27,32,34,36-39,41-42,44-52,54-55,57-61H2,1-6H3,(H-,66,68,70,71)/p+1/b22-19-,30-28-,31-29+,35-33-,43-40-,56-53+. The SMILES string of the molecule is CCCCC/C=C\C/C=C\C/C=C\C/C=C\CCCCCC(=O)OC(/C=C/CCCCCCCCCCCCC)C(COP(=O)(O)OCC[N+](C)(C)C)NC(=O)CCCCCCCCC/C=C/CCCCCCCC. The van der Waals surface area contributed by atoms with Crippen molar-refractivity contribution < 1.29 is 37.3 Å². The minimum atomic E-state index is -4.46. The summed E-state index contributed by atoms with van der Waals surface area (Å²) in [7, 11) is 1.47. The number of allylic oxidation sites excluding steroid dienone is 11. The van der Waals surface area contributed by atoms with Gasteiger partial charge in [-0.1, -0.05) is 235 Å². The van der Waals surface area contributed by atoms with Crippen LogP contribution in [0.3, 0.4) is 0 Å². The molecule has 0 aliphatic rings. The van der Waals surface area contributed by atoms with Crippen LogP contribution in [-0.4, -0.2) is 74.3 Å². The maximum absolute atomic E-state index is 13.5. The van der Waals surface area contributed by atoms with Gasteiger partial charge in [0, 0.05) is 12.8 Å². The first-order chi connectivity index (χ1) is 36.4. The van der Waals surface area contributed by atoms with Crippen LogP contribution >= 0.6 is 7.82 Å². The van der Waals surface area contributed by atoms with Gasteiger partial charge >= 0.3 is 13.8 Å². The van der Waals surface area contributed by atoms with Gasteiger partial charge in [0.25, 0.3) is 0 Å². The van der Waals surface area contributed by atoms with Crippen molar-refractivity contribution >= 4 is 19.7 Å². The maximum atomic E-state index is 13.5. The quantitative estimate of drug-likeness (QED) is 0.0205. The summed E-state index contributed by atoms with van der Waals surface area (Å²) in [6.07, 6.45) is 70.3. The molecule has 0 fully saturated rings. The Morgan fingerprint density at radius 3 is 1.27 bits per heavy atom. The van der Waals surface area contributed by atoms with Crippen LogP contribution in [0.4, 0.5) is 0 Å². The van der Waals surface area contributed by atoms with Crippen LogP contribution in [0, 0.1) is 0 Å². The van der Waals surface area contributed by atoms with Gasteiger partial charge in [0.05, 0.1) is 33.8 Å². The van der Waals surface area contributed by atoms with Gasteiger partial charge in [0.15, 0.2) is 0 Å². The van der Waals surface area contributed by atoms with E-state index in [2.05, 4.69) is 86.8 Å². The van der Waals surface area contributed by atoms with E-state index < -0.39 is 20.0 Å². The number of hydrogen-bond donors (Lipinski definition) is 2. The molecule has 75 heavy (non-hydrogen) atoms. The Balaban J connectivity index is 5.36. The lowest BCUT2D eigenvalue weighted by atomic mass is 10.0. The Labute approximate surface area is 463 Å². The van der Waals surface area contributed by atoms with Crippen molar-refractivity contribution in [3.63, 3.8) is 0 Å². The van der Waals surface area contributed by atoms with E-state index in [1.807, 2.05) is 33.3 Å². The number of quaternary nitrogens is 1. The first-order valence-corrected chi connectivity index (χ1v) is 32.8. The lowest BCUT2D eigenvalue weighted by molar-refractivity contribution is -0.870. The van der Waals surface area contributed by atoms with Crippen LogP contribution in [0.2, 0.25) is 0 Å². The summed E-state index contributed by atoms with van der Waals surface area (Å²) in [4.78, 5) is 37.7. The molecule has 0 saturated heterocycles. The average molecular weight is 1070 g/mol. The highest BCUT2D eigenvalue weighted by Crippen LogP contribution is 2.43. The number of carbonyl (C=O) groups is 2. The third kappa shape index (κ3) is 56.0. The van der Waals surface area contributed by atoms with Gasteiger partial charge in [0.2, 0.25) is 5.91 Å². The van der Waals surface area contributed by atoms with E-state index in [0.29, 0.717) is 23.9 Å². The zero-order valence-corrected chi connectivity index (χ0v) is 50.7. The van der Waals surface area contributed by atoms with Crippen LogP contribution < -0.4 is 5.32 Å². The average Bonchev–Trinajstić information content (AvgIpc) is 3.37. The predicted octanol–water partition coefficient (Wildman–Crippen LogP) is 19.2. The van der Waals surface area contributed by atoms with Crippen molar-refractivity contribution in [2.45, 2.75) is 290 Å². The molecule has 10 heteroatoms. The number of rotatable bonds is 56. The second kappa shape index (κ2) is 54.8. The molecule has 0 aliphatic carbocycles. The van der Waals surface area contributed by atoms with Gasteiger partial charge in [-0.3, -0.25) is 18.6 Å². The molecule has 0 rings (SSSR count). The van der Waals surface area contributed by atoms with Gasteiger partial charge in [-0.15, -0.1) is 0 Å². The van der Waals surface area contributed by atoms with Crippen molar-refractivity contribution in [3.8, 4) is 0 Å². The van der Waals surface area contributed by atoms with Crippen LogP contribution in [0.5, 0.6) is 0 Å². The highest BCUT2D eigenvalue weighted by molar-refractivity contribution is 7.47. The van der Waals surface area contributed by atoms with Gasteiger partial charge < -0.3 is 19.4 Å². The molecule has 0 saturated carbocycles. The van der Waals surface area contributed by atoms with Crippen molar-refractivity contribution in [2.24, 2.45) is 0 Å². The van der Waals surface area contributed by atoms with Crippen LogP contribution in [0.1, 0.15) is 278 Å². The lowest BCUT2D eigenvalue weighted by Crippen LogP contribution is -2.47. The number of nitrogens with zero attached hydrogens (tertiary/aromatic N) is 1. The molecule has 0 aliphatic heterocycles. The summed E-state index contributed by atoms with van der Waals surface area (Å²) in [5, 5.41) is 3.05. The highest BCUT2D eigenvalue weighted by Gasteiger charge is 2.30. The van der Waals surface area contributed by atoms with Crippen molar-refractivity contribution in [1.29, 1.82) is 0 Å². The molecular formula is C65H120N2O7P+. The zero-order valence-electron chi connectivity index (χ0n) is 49.8. The third-order valence-electron chi connectivity index (χ3n) is 13.6. The van der Waals surface area contributed by atoms with Crippen molar-refractivity contribution in [2.75, 3.05) is 40.9 Å². The topological polar surface area (TPSA) is 111 Å². The monoisotopic (exact) mass is 1070 g/mol. The Hall–Kier alpha value is -2.55. The number of unbranched alkanes of at least 4 members (excludes halogenated alkanes) is 30. The largest absolute Gasteiger partial charge is 0.472 e. The summed E-state index contributed by atoms with van der Waals surface area (Å²) in [6.45, 7) is 6.97. The summed E-state index contributed by atoms with van der Waals surface area (Å²) in [5.74, 6) is -0.543. The van der Waals surface area contributed by atoms with Gasteiger partial charge in [-0.2, -0.15) is 0 Å². The Morgan fingerprint density at radius 2 is 0.813 bits per heavy atom. The second-order valence-corrected chi connectivity index (χ2v) is 23.7. The minimum Gasteiger partial charge on any atom is -0.456 e. The van der Waals surface area contributed by atoms with Gasteiger partial charge in [-0.25, -0.2) is 4.57 Å². The van der Waals surface area contributed by atoms with Crippen molar-refractivity contribution in [3.05, 3.63) is 72.9 Å². The number of carbonyl (C=O) groups excluding carboxylic acids is 2. The van der Waals surface area contributed by atoms with Gasteiger partial charge in [0.1, 0.15) is 19.3 Å². The maximum Gasteiger partial charge on any atom is 0.472 e. The summed E-state index contributed by atoms with van der Waals surface area (Å²) in [6, 6.07) is -0.866. The fourth-order valence-corrected chi connectivity index (χ4v) is 9.48. The molecule has 0 spiro atoms. The summed E-state index contributed by atoms with van der Waals surface area (Å²) < 4.78 is 30.7. The Kier molecular flexibility index (Phi) is 52.9. The van der Waals surface area contributed by atoms with Crippen LogP contribution in [0.15, 0.2) is 72.9 Å². The second-order valence-electron chi connectivity index (χ2n) is 22.2. The Bertz CT molecular complexity index is 1510. The summed E-state index contributed by atoms with van der Waals surface area (Å²) >= 11 is 0. The van der Waals surface area contributed by atoms with E-state index in [1.54, 1.807) is 0 Å². The number of likely N-dealkylation sites (N-methyl/N-ethyl adjacent to an activating group) is 1. The fourth-order valence-electron chi connectivity index (χ4n) is 8.74. The number of hydrogen-bond acceptors (Lipinski definition) is 6. The number of nitrogens with one attached hydrogen (secondary N) is 1. The molecule has 9 nitrogen and oxygen atoms in total. The normalized spacial score (nSPS) is 14.2. The molecule has 3 unspecified atom stereocenters. The fraction of sp³-hybridized carbons (Fsp3) is 0.785. The molecule has 0 bridgehead atoms. The number of amides is 1. The molecular weight excluding hydrogens is 952 g/mol. The molecule has 0 aromatic carbocycles. The van der Waals surface area contributed by atoms with E-state index in [-0.39, 0.29) is 31.5 Å². The Morgan fingerprint density at radius 1 is 0.467 bits per heavy atom. The minimum absolute atomic E-state index is 0.0321. The highest BCUT2D eigenvalue weighted by atomic mass is 31.2. The molecule has 0 aromatic rings. The molecule has 0 radical (unpaired) electrons. The first-order valence-electron chi connectivity index (χ1n) is 31.3.